The summed E-state index contributed by atoms with van der Waals surface area (Å²) in [5.74, 6) is 0. The molecule has 1 heterocycles. The van der Waals surface area contributed by atoms with Crippen LogP contribution in [0.1, 0.15) is 17.7 Å². The topological polar surface area (TPSA) is 38.9 Å². The fraction of sp³-hybridized carbons (Fsp3) is 0.250. The molecule has 0 aliphatic heterocycles. The molecule has 0 saturated heterocycles. The second-order valence-electron chi connectivity index (χ2n) is 3.61. The average molecular weight is 250 g/mol. The molecular formula is C12H14N2S2. The molecule has 2 rings (SSSR count). The molecule has 0 aliphatic carbocycles. The van der Waals surface area contributed by atoms with Crippen molar-refractivity contribution in [3.05, 3.63) is 47.5 Å². The van der Waals surface area contributed by atoms with Crippen molar-refractivity contribution in [2.24, 2.45) is 5.73 Å². The van der Waals surface area contributed by atoms with E-state index in [1.165, 1.54) is 5.56 Å². The Bertz CT molecular complexity index is 412. The Labute approximate surface area is 104 Å². The number of nitrogens with two attached hydrogens (primary N) is 1. The molecule has 0 amide bonds. The van der Waals surface area contributed by atoms with Gasteiger partial charge in [0.05, 0.1) is 5.25 Å². The van der Waals surface area contributed by atoms with Crippen molar-refractivity contribution in [1.82, 2.24) is 4.98 Å². The molecule has 2 unspecified atom stereocenters. The minimum Gasteiger partial charge on any atom is -0.327 e. The van der Waals surface area contributed by atoms with Crippen molar-refractivity contribution >= 4 is 23.1 Å². The van der Waals surface area contributed by atoms with Crippen molar-refractivity contribution in [2.45, 2.75) is 22.6 Å². The maximum atomic E-state index is 6.04. The zero-order valence-electron chi connectivity index (χ0n) is 9.04. The molecule has 2 atom stereocenters. The molecule has 2 nitrogen and oxygen atoms in total. The highest BCUT2D eigenvalue weighted by Gasteiger charge is 2.18. The lowest BCUT2D eigenvalue weighted by Crippen LogP contribution is -2.22. The van der Waals surface area contributed by atoms with Crippen LogP contribution in [0, 0.1) is 0 Å². The zero-order valence-corrected chi connectivity index (χ0v) is 10.7. The first-order valence-corrected chi connectivity index (χ1v) is 6.90. The van der Waals surface area contributed by atoms with Crippen molar-refractivity contribution in [3.63, 3.8) is 0 Å². The number of rotatable bonds is 4. The monoisotopic (exact) mass is 250 g/mol. The van der Waals surface area contributed by atoms with E-state index in [2.05, 4.69) is 17.1 Å². The summed E-state index contributed by atoms with van der Waals surface area (Å²) >= 11 is 3.40. The Morgan fingerprint density at radius 2 is 2.06 bits per heavy atom. The Kier molecular flexibility index (Phi) is 3.98. The van der Waals surface area contributed by atoms with Gasteiger partial charge in [0.2, 0.25) is 0 Å². The molecule has 4 heteroatoms. The number of benzene rings is 1. The van der Waals surface area contributed by atoms with E-state index >= 15 is 0 Å². The smallest absolute Gasteiger partial charge is 0.150 e. The summed E-state index contributed by atoms with van der Waals surface area (Å²) < 4.78 is 1.08. The number of hydrogen-bond donors (Lipinski definition) is 1. The summed E-state index contributed by atoms with van der Waals surface area (Å²) in [6.07, 6.45) is 1.83. The molecule has 1 aromatic carbocycles. The maximum absolute atomic E-state index is 6.04. The highest BCUT2D eigenvalue weighted by Crippen LogP contribution is 2.37. The highest BCUT2D eigenvalue weighted by atomic mass is 32.2. The molecular weight excluding hydrogens is 236 g/mol. The highest BCUT2D eigenvalue weighted by molar-refractivity contribution is 8.01. The zero-order chi connectivity index (χ0) is 11.4. The minimum absolute atomic E-state index is 0.108. The molecule has 0 fully saturated rings. The van der Waals surface area contributed by atoms with E-state index in [9.17, 15) is 0 Å². The lowest BCUT2D eigenvalue weighted by molar-refractivity contribution is 0.721. The molecule has 84 valence electrons. The molecule has 0 saturated carbocycles. The van der Waals surface area contributed by atoms with E-state index in [4.69, 9.17) is 5.73 Å². The van der Waals surface area contributed by atoms with Crippen LogP contribution in [-0.2, 0) is 0 Å². The van der Waals surface area contributed by atoms with E-state index in [0.29, 0.717) is 0 Å². The van der Waals surface area contributed by atoms with Crippen molar-refractivity contribution in [1.29, 1.82) is 0 Å². The standard InChI is InChI=1S/C12H14N2S2/c1-9(13)11(10-5-3-2-4-6-10)16-12-14-7-8-15-12/h2-9,11H,13H2,1H3. The molecule has 0 bridgehead atoms. The molecule has 2 N–H and O–H groups in total. The first kappa shape index (κ1) is 11.6. The van der Waals surface area contributed by atoms with Crippen LogP contribution in [0.3, 0.4) is 0 Å². The Hall–Kier alpha value is -0.840. The van der Waals surface area contributed by atoms with Crippen LogP contribution in [0.25, 0.3) is 0 Å². The van der Waals surface area contributed by atoms with E-state index < -0.39 is 0 Å². The van der Waals surface area contributed by atoms with Crippen LogP contribution in [0.5, 0.6) is 0 Å². The molecule has 16 heavy (non-hydrogen) atoms. The molecule has 0 aliphatic rings. The first-order chi connectivity index (χ1) is 7.77. The average Bonchev–Trinajstić information content (AvgIpc) is 2.79. The van der Waals surface area contributed by atoms with Crippen LogP contribution in [0.4, 0.5) is 0 Å². The predicted octanol–water partition coefficient (Wildman–Crippen LogP) is 3.32. The van der Waals surface area contributed by atoms with Gasteiger partial charge in [-0.25, -0.2) is 4.98 Å². The number of thiazole rings is 1. The van der Waals surface area contributed by atoms with Gasteiger partial charge in [0.25, 0.3) is 0 Å². The molecule has 0 radical (unpaired) electrons. The Morgan fingerprint density at radius 1 is 1.31 bits per heavy atom. The first-order valence-electron chi connectivity index (χ1n) is 5.14. The number of thioether (sulfide) groups is 1. The van der Waals surface area contributed by atoms with Gasteiger partial charge in [0.15, 0.2) is 0 Å². The summed E-state index contributed by atoms with van der Waals surface area (Å²) in [6.45, 7) is 2.04. The Balaban J connectivity index is 2.18. The summed E-state index contributed by atoms with van der Waals surface area (Å²) in [5, 5.41) is 2.26. The van der Waals surface area contributed by atoms with Crippen molar-refractivity contribution in [2.75, 3.05) is 0 Å². The lowest BCUT2D eigenvalue weighted by Gasteiger charge is -2.19. The van der Waals surface area contributed by atoms with E-state index in [1.807, 2.05) is 36.7 Å². The third-order valence-corrected chi connectivity index (χ3v) is 4.65. The third kappa shape index (κ3) is 2.84. The predicted molar refractivity (Wildman–Crippen MR) is 70.8 cm³/mol. The van der Waals surface area contributed by atoms with E-state index in [1.54, 1.807) is 23.1 Å². The van der Waals surface area contributed by atoms with Gasteiger partial charge in [0, 0.05) is 17.6 Å². The number of aromatic nitrogens is 1. The summed E-state index contributed by atoms with van der Waals surface area (Å²) in [5.41, 5.74) is 7.30. The lowest BCUT2D eigenvalue weighted by atomic mass is 10.1. The van der Waals surface area contributed by atoms with Gasteiger partial charge in [0.1, 0.15) is 4.34 Å². The van der Waals surface area contributed by atoms with Crippen molar-refractivity contribution in [3.8, 4) is 0 Å². The second-order valence-corrected chi connectivity index (χ2v) is 5.89. The third-order valence-electron chi connectivity index (χ3n) is 2.24. The van der Waals surface area contributed by atoms with E-state index in [0.717, 1.165) is 4.34 Å². The van der Waals surface area contributed by atoms with Crippen molar-refractivity contribution < 1.29 is 0 Å². The second kappa shape index (κ2) is 5.48. The summed E-state index contributed by atoms with van der Waals surface area (Å²) in [7, 11) is 0. The fourth-order valence-electron chi connectivity index (χ4n) is 1.50. The van der Waals surface area contributed by atoms with Crippen LogP contribution in [-0.4, -0.2) is 11.0 Å². The minimum atomic E-state index is 0.108. The number of nitrogens with zero attached hydrogens (tertiary/aromatic N) is 1. The Morgan fingerprint density at radius 3 is 2.62 bits per heavy atom. The van der Waals surface area contributed by atoms with Gasteiger partial charge in [-0.1, -0.05) is 42.1 Å². The molecule has 1 aromatic heterocycles. The van der Waals surface area contributed by atoms with Gasteiger partial charge >= 0.3 is 0 Å². The maximum Gasteiger partial charge on any atom is 0.150 e. The van der Waals surface area contributed by atoms with Gasteiger partial charge < -0.3 is 5.73 Å². The summed E-state index contributed by atoms with van der Waals surface area (Å²) in [4.78, 5) is 4.29. The van der Waals surface area contributed by atoms with Gasteiger partial charge in [-0.05, 0) is 12.5 Å². The number of hydrogen-bond acceptors (Lipinski definition) is 4. The van der Waals surface area contributed by atoms with Crippen LogP contribution in [0.15, 0.2) is 46.2 Å². The largest absolute Gasteiger partial charge is 0.327 e. The quantitative estimate of drug-likeness (QED) is 0.846. The van der Waals surface area contributed by atoms with Gasteiger partial charge in [-0.3, -0.25) is 0 Å². The normalized spacial score (nSPS) is 14.6. The molecule has 0 spiro atoms. The molecule has 2 aromatic rings. The van der Waals surface area contributed by atoms with E-state index in [-0.39, 0.29) is 11.3 Å². The van der Waals surface area contributed by atoms with Crippen LogP contribution < -0.4 is 5.73 Å². The fourth-order valence-corrected chi connectivity index (χ4v) is 3.41. The van der Waals surface area contributed by atoms with Gasteiger partial charge in [-0.2, -0.15) is 0 Å². The summed E-state index contributed by atoms with van der Waals surface area (Å²) in [6, 6.07) is 10.5. The van der Waals surface area contributed by atoms with Crippen LogP contribution in [0.2, 0.25) is 0 Å². The van der Waals surface area contributed by atoms with Gasteiger partial charge in [-0.15, -0.1) is 11.3 Å². The van der Waals surface area contributed by atoms with Crippen LogP contribution >= 0.6 is 23.1 Å². The SMILES string of the molecule is CC(N)C(Sc1nccs1)c1ccccc1.